The van der Waals surface area contributed by atoms with Gasteiger partial charge in [-0.15, -0.1) is 0 Å². The molecule has 160 valence electrons. The molecule has 0 unspecified atom stereocenters. The Kier molecular flexibility index (Phi) is 6.96. The molecule has 0 saturated carbocycles. The van der Waals surface area contributed by atoms with Crippen LogP contribution in [-0.2, 0) is 11.2 Å². The minimum atomic E-state index is 0.293. The maximum absolute atomic E-state index is 5.82. The fourth-order valence-corrected chi connectivity index (χ4v) is 3.12. The topological polar surface area (TPSA) is 97.7 Å². The molecule has 9 heteroatoms. The van der Waals surface area contributed by atoms with E-state index in [1.807, 2.05) is 18.2 Å². The fraction of sp³-hybridized carbons (Fsp3) is 0.318. The zero-order chi connectivity index (χ0) is 21.3. The molecule has 1 N–H and O–H groups in total. The van der Waals surface area contributed by atoms with E-state index >= 15 is 0 Å². The van der Waals surface area contributed by atoms with Crippen molar-refractivity contribution in [1.82, 2.24) is 19.9 Å². The van der Waals surface area contributed by atoms with Crippen molar-refractivity contribution in [2.45, 2.75) is 13.3 Å². The summed E-state index contributed by atoms with van der Waals surface area (Å²) >= 11 is 0. The number of rotatable bonds is 8. The molecule has 31 heavy (non-hydrogen) atoms. The predicted octanol–water partition coefficient (Wildman–Crippen LogP) is 2.48. The molecule has 0 amide bonds. The Bertz CT molecular complexity index is 1010. The largest absolute Gasteiger partial charge is 0.463 e. The van der Waals surface area contributed by atoms with E-state index in [9.17, 15) is 0 Å². The van der Waals surface area contributed by atoms with Crippen LogP contribution in [0.1, 0.15) is 16.8 Å². The van der Waals surface area contributed by atoms with Crippen molar-refractivity contribution in [3.63, 3.8) is 0 Å². The van der Waals surface area contributed by atoms with Crippen molar-refractivity contribution < 1.29 is 9.47 Å². The van der Waals surface area contributed by atoms with Gasteiger partial charge in [-0.2, -0.15) is 15.1 Å². The van der Waals surface area contributed by atoms with Crippen LogP contribution in [0.3, 0.4) is 0 Å². The second kappa shape index (κ2) is 10.4. The van der Waals surface area contributed by atoms with Gasteiger partial charge in [-0.25, -0.2) is 0 Å². The van der Waals surface area contributed by atoms with Gasteiger partial charge < -0.3 is 14.4 Å². The van der Waals surface area contributed by atoms with Crippen molar-refractivity contribution >= 4 is 17.9 Å². The fourth-order valence-electron chi connectivity index (χ4n) is 3.12. The maximum Gasteiger partial charge on any atom is 0.320 e. The van der Waals surface area contributed by atoms with E-state index in [1.54, 1.807) is 24.8 Å². The highest BCUT2D eigenvalue weighted by Gasteiger charge is 2.15. The average molecular weight is 419 g/mol. The first-order valence-corrected chi connectivity index (χ1v) is 10.2. The summed E-state index contributed by atoms with van der Waals surface area (Å²) in [6.45, 7) is 5.32. The third-order valence-corrected chi connectivity index (χ3v) is 4.67. The molecule has 0 spiro atoms. The molecular weight excluding hydrogens is 394 g/mol. The Hall–Kier alpha value is -3.59. The molecular formula is C22H25N7O2. The molecule has 0 aliphatic carbocycles. The summed E-state index contributed by atoms with van der Waals surface area (Å²) in [5, 5.41) is 4.33. The van der Waals surface area contributed by atoms with Gasteiger partial charge in [0.25, 0.3) is 0 Å². The predicted molar refractivity (Wildman–Crippen MR) is 119 cm³/mol. The minimum Gasteiger partial charge on any atom is -0.463 e. The van der Waals surface area contributed by atoms with Crippen LogP contribution in [0.15, 0.2) is 54.0 Å². The van der Waals surface area contributed by atoms with Crippen LogP contribution in [0.4, 0.5) is 11.6 Å². The normalized spacial score (nSPS) is 14.0. The first-order chi connectivity index (χ1) is 15.3. The van der Waals surface area contributed by atoms with Crippen molar-refractivity contribution in [2.75, 3.05) is 43.2 Å². The summed E-state index contributed by atoms with van der Waals surface area (Å²) in [6, 6.07) is 10.3. The Labute approximate surface area is 181 Å². The van der Waals surface area contributed by atoms with E-state index in [-0.39, 0.29) is 0 Å². The Morgan fingerprint density at radius 3 is 2.90 bits per heavy atom. The molecule has 1 fully saturated rings. The number of benzene rings is 1. The molecule has 0 bridgehead atoms. The summed E-state index contributed by atoms with van der Waals surface area (Å²) in [5.41, 5.74) is 6.04. The lowest BCUT2D eigenvalue weighted by Crippen LogP contribution is -2.36. The highest BCUT2D eigenvalue weighted by Crippen LogP contribution is 2.20. The molecule has 2 aromatic heterocycles. The van der Waals surface area contributed by atoms with Crippen molar-refractivity contribution in [3.05, 3.63) is 65.7 Å². The zero-order valence-corrected chi connectivity index (χ0v) is 17.4. The molecule has 0 atom stereocenters. The van der Waals surface area contributed by atoms with Crippen LogP contribution in [0.25, 0.3) is 0 Å². The Balaban J connectivity index is 1.46. The summed E-state index contributed by atoms with van der Waals surface area (Å²) in [6.07, 6.45) is 7.42. The van der Waals surface area contributed by atoms with E-state index in [0.717, 1.165) is 30.2 Å². The minimum absolute atomic E-state index is 0.293. The van der Waals surface area contributed by atoms with Crippen molar-refractivity contribution in [3.8, 4) is 6.01 Å². The molecule has 1 aromatic carbocycles. The third kappa shape index (κ3) is 6.19. The molecule has 3 heterocycles. The first kappa shape index (κ1) is 20.7. The lowest BCUT2D eigenvalue weighted by Gasteiger charge is -2.28. The number of nitrogens with zero attached hydrogens (tertiary/aromatic N) is 6. The molecule has 1 saturated heterocycles. The maximum atomic E-state index is 5.82. The molecule has 1 aliphatic rings. The van der Waals surface area contributed by atoms with Crippen LogP contribution < -0.4 is 15.1 Å². The van der Waals surface area contributed by atoms with Crippen LogP contribution in [0.5, 0.6) is 6.01 Å². The number of nitrogens with one attached hydrogen (secondary N) is 1. The smallest absolute Gasteiger partial charge is 0.320 e. The van der Waals surface area contributed by atoms with Gasteiger partial charge >= 0.3 is 6.01 Å². The monoisotopic (exact) mass is 419 g/mol. The number of aryl methyl sites for hydroxylation is 1. The molecule has 4 rings (SSSR count). The lowest BCUT2D eigenvalue weighted by atomic mass is 10.2. The quantitative estimate of drug-likeness (QED) is 0.439. The molecule has 1 aliphatic heterocycles. The summed E-state index contributed by atoms with van der Waals surface area (Å²) < 4.78 is 11.3. The highest BCUT2D eigenvalue weighted by atomic mass is 16.5. The van der Waals surface area contributed by atoms with Crippen LogP contribution >= 0.6 is 0 Å². The second-order valence-electron chi connectivity index (χ2n) is 7.07. The Morgan fingerprint density at radius 2 is 2.10 bits per heavy atom. The van der Waals surface area contributed by atoms with Crippen LogP contribution in [0, 0.1) is 6.92 Å². The second-order valence-corrected chi connectivity index (χ2v) is 7.07. The Morgan fingerprint density at radius 1 is 1.19 bits per heavy atom. The van der Waals surface area contributed by atoms with Gasteiger partial charge in [0.1, 0.15) is 5.82 Å². The zero-order valence-electron chi connectivity index (χ0n) is 17.4. The van der Waals surface area contributed by atoms with Gasteiger partial charge in [-0.05, 0) is 12.5 Å². The van der Waals surface area contributed by atoms with Crippen LogP contribution in [-0.4, -0.2) is 59.1 Å². The number of anilines is 2. The molecule has 0 radical (unpaired) electrons. The summed E-state index contributed by atoms with van der Waals surface area (Å²) in [4.78, 5) is 19.5. The number of aromatic nitrogens is 4. The van der Waals surface area contributed by atoms with Gasteiger partial charge in [-0.3, -0.25) is 15.4 Å². The van der Waals surface area contributed by atoms with Gasteiger partial charge in [0, 0.05) is 44.2 Å². The van der Waals surface area contributed by atoms with Crippen molar-refractivity contribution in [2.24, 2.45) is 5.10 Å². The number of hydrogen-bond donors (Lipinski definition) is 1. The van der Waals surface area contributed by atoms with Crippen molar-refractivity contribution in [1.29, 1.82) is 0 Å². The number of hydrazone groups is 1. The standard InChI is InChI=1S/C22H25N7O2/c1-17-3-2-4-18(13-17)15-25-28-20-14-21(29-8-11-30-12-9-29)27-22(26-20)31-10-5-19-16-23-6-7-24-19/h2-4,6-7,13-16H,5,8-12H2,1H3,(H,26,27,28). The number of hydrogen-bond acceptors (Lipinski definition) is 9. The summed E-state index contributed by atoms with van der Waals surface area (Å²) in [7, 11) is 0. The third-order valence-electron chi connectivity index (χ3n) is 4.67. The van der Waals surface area contributed by atoms with E-state index in [0.29, 0.717) is 38.1 Å². The van der Waals surface area contributed by atoms with E-state index in [2.05, 4.69) is 54.4 Å². The number of ether oxygens (including phenoxy) is 2. The van der Waals surface area contributed by atoms with Gasteiger partial charge in [0.2, 0.25) is 0 Å². The van der Waals surface area contributed by atoms with E-state index in [4.69, 9.17) is 9.47 Å². The number of morpholine rings is 1. The molecule has 3 aromatic rings. The summed E-state index contributed by atoms with van der Waals surface area (Å²) in [5.74, 6) is 1.34. The SMILES string of the molecule is Cc1cccc(C=NNc2cc(N3CCOCC3)nc(OCCc3cnccn3)n2)c1. The van der Waals surface area contributed by atoms with E-state index < -0.39 is 0 Å². The van der Waals surface area contributed by atoms with Crippen LogP contribution in [0.2, 0.25) is 0 Å². The molecule has 9 nitrogen and oxygen atoms in total. The average Bonchev–Trinajstić information content (AvgIpc) is 2.80. The van der Waals surface area contributed by atoms with Gasteiger partial charge in [0.15, 0.2) is 5.82 Å². The first-order valence-electron chi connectivity index (χ1n) is 10.2. The highest BCUT2D eigenvalue weighted by molar-refractivity contribution is 5.80. The van der Waals surface area contributed by atoms with Gasteiger partial charge in [-0.1, -0.05) is 29.8 Å². The lowest BCUT2D eigenvalue weighted by molar-refractivity contribution is 0.122. The van der Waals surface area contributed by atoms with Gasteiger partial charge in [0.05, 0.1) is 31.7 Å². The van der Waals surface area contributed by atoms with E-state index in [1.165, 1.54) is 5.56 Å².